The Bertz CT molecular complexity index is 982. The lowest BCUT2D eigenvalue weighted by atomic mass is 10.0. The topological polar surface area (TPSA) is 95.9 Å². The van der Waals surface area contributed by atoms with E-state index in [1.165, 1.54) is 218 Å². The minimum absolute atomic E-state index is 0.00664. The van der Waals surface area contributed by atoms with Crippen LogP contribution < -0.4 is 5.32 Å². The minimum Gasteiger partial charge on any atom is -0.466 e. The summed E-state index contributed by atoms with van der Waals surface area (Å²) < 4.78 is 5.46. The van der Waals surface area contributed by atoms with Crippen molar-refractivity contribution in [3.05, 3.63) is 24.3 Å². The van der Waals surface area contributed by atoms with E-state index in [2.05, 4.69) is 43.5 Å². The molecule has 2 atom stereocenters. The zero-order valence-corrected chi connectivity index (χ0v) is 42.3. The number of ether oxygens (including phenoxy) is 1. The third-order valence-corrected chi connectivity index (χ3v) is 13.0. The second-order valence-electron chi connectivity index (χ2n) is 19.3. The van der Waals surface area contributed by atoms with E-state index in [9.17, 15) is 19.8 Å². The highest BCUT2D eigenvalue weighted by Gasteiger charge is 2.20. The predicted molar refractivity (Wildman–Crippen MR) is 273 cm³/mol. The molecule has 0 radical (unpaired) electrons. The molecule has 0 bridgehead atoms. The van der Waals surface area contributed by atoms with Gasteiger partial charge in [0.1, 0.15) is 0 Å². The fourth-order valence-electron chi connectivity index (χ4n) is 8.67. The molecule has 0 spiro atoms. The molecule has 6 heteroatoms. The first-order chi connectivity index (χ1) is 31.0. The van der Waals surface area contributed by atoms with E-state index in [1.54, 1.807) is 0 Å². The zero-order valence-electron chi connectivity index (χ0n) is 42.3. The molecule has 63 heavy (non-hydrogen) atoms. The van der Waals surface area contributed by atoms with Crippen molar-refractivity contribution >= 4 is 11.9 Å². The van der Waals surface area contributed by atoms with Crippen molar-refractivity contribution in [1.29, 1.82) is 0 Å². The number of carbonyl (C=O) groups is 2. The quantitative estimate of drug-likeness (QED) is 0.0321. The third kappa shape index (κ3) is 49.6. The van der Waals surface area contributed by atoms with Crippen LogP contribution in [0.5, 0.6) is 0 Å². The first kappa shape index (κ1) is 61.3. The maximum atomic E-state index is 12.4. The average Bonchev–Trinajstić information content (AvgIpc) is 3.28. The van der Waals surface area contributed by atoms with Crippen molar-refractivity contribution < 1.29 is 24.5 Å². The van der Waals surface area contributed by atoms with Crippen LogP contribution in [0.1, 0.15) is 303 Å². The third-order valence-electron chi connectivity index (χ3n) is 13.0. The monoisotopic (exact) mass is 888 g/mol. The normalized spacial score (nSPS) is 12.8. The number of rotatable bonds is 52. The SMILES string of the molecule is CCCCCCCCCCCCCCC(O)C(CO)NC(=O)CCCCCCCCC/C=C\C/C=C\CCCCCCCCCCCOC(=O)CCCCCCCCCCCCC. The fraction of sp³-hybridized carbons (Fsp3) is 0.895. The summed E-state index contributed by atoms with van der Waals surface area (Å²) in [5.74, 6) is -0.0389. The van der Waals surface area contributed by atoms with Gasteiger partial charge in [-0.15, -0.1) is 0 Å². The van der Waals surface area contributed by atoms with Crippen LogP contribution in [-0.2, 0) is 14.3 Å². The molecule has 0 aromatic heterocycles. The van der Waals surface area contributed by atoms with E-state index < -0.39 is 12.1 Å². The molecule has 0 aromatic carbocycles. The zero-order chi connectivity index (χ0) is 45.8. The Hall–Kier alpha value is -1.66. The van der Waals surface area contributed by atoms with Crippen LogP contribution >= 0.6 is 0 Å². The highest BCUT2D eigenvalue weighted by atomic mass is 16.5. The van der Waals surface area contributed by atoms with Gasteiger partial charge in [-0.2, -0.15) is 0 Å². The Morgan fingerprint density at radius 1 is 0.444 bits per heavy atom. The van der Waals surface area contributed by atoms with Crippen molar-refractivity contribution in [2.75, 3.05) is 13.2 Å². The lowest BCUT2D eigenvalue weighted by molar-refractivity contribution is -0.143. The molecule has 0 fully saturated rings. The summed E-state index contributed by atoms with van der Waals surface area (Å²) in [5.41, 5.74) is 0. The van der Waals surface area contributed by atoms with E-state index in [0.29, 0.717) is 25.9 Å². The van der Waals surface area contributed by atoms with Crippen LogP contribution in [0, 0.1) is 0 Å². The number of aliphatic hydroxyl groups is 2. The summed E-state index contributed by atoms with van der Waals surface area (Å²) in [6.07, 6.45) is 63.1. The highest BCUT2D eigenvalue weighted by Crippen LogP contribution is 2.16. The Labute approximate surface area is 392 Å². The number of allylic oxidation sites excluding steroid dienone is 4. The summed E-state index contributed by atoms with van der Waals surface area (Å²) in [6, 6.07) is -0.547. The minimum atomic E-state index is -0.669. The Morgan fingerprint density at radius 3 is 1.21 bits per heavy atom. The average molecular weight is 889 g/mol. The van der Waals surface area contributed by atoms with Gasteiger partial charge in [-0.05, 0) is 57.8 Å². The summed E-state index contributed by atoms with van der Waals surface area (Å²) in [5, 5.41) is 23.2. The molecule has 0 aromatic rings. The number of esters is 1. The molecule has 372 valence electrons. The Morgan fingerprint density at radius 2 is 0.794 bits per heavy atom. The van der Waals surface area contributed by atoms with E-state index in [-0.39, 0.29) is 18.5 Å². The molecular formula is C57H109NO5. The molecule has 0 rings (SSSR count). The van der Waals surface area contributed by atoms with Gasteiger partial charge in [-0.1, -0.05) is 256 Å². The van der Waals surface area contributed by atoms with Crippen molar-refractivity contribution in [2.24, 2.45) is 0 Å². The van der Waals surface area contributed by atoms with E-state index in [0.717, 1.165) is 51.4 Å². The standard InChI is InChI=1S/C57H109NO5/c1-3-5-7-9-11-13-15-30-33-37-41-45-49-55(60)54(53-59)58-56(61)50-46-42-38-34-31-27-25-23-21-19-17-16-18-20-22-24-26-28-32-36-40-44-48-52-63-57(62)51-47-43-39-35-29-14-12-10-8-6-4-2/h16,18-19,21,54-55,59-60H,3-15,17,20,22-53H2,1-2H3,(H,58,61)/b18-16-,21-19-. The van der Waals surface area contributed by atoms with Gasteiger partial charge in [0.25, 0.3) is 0 Å². The largest absolute Gasteiger partial charge is 0.466 e. The number of unbranched alkanes of at least 4 members (excludes halogenated alkanes) is 37. The number of hydrogen-bond donors (Lipinski definition) is 3. The second kappa shape index (κ2) is 53.0. The summed E-state index contributed by atoms with van der Waals surface area (Å²) in [6.45, 7) is 4.94. The van der Waals surface area contributed by atoms with Crippen LogP contribution in [0.4, 0.5) is 0 Å². The van der Waals surface area contributed by atoms with Gasteiger partial charge in [-0.25, -0.2) is 0 Å². The summed E-state index contributed by atoms with van der Waals surface area (Å²) >= 11 is 0. The molecule has 0 aliphatic carbocycles. The van der Waals surface area contributed by atoms with E-state index in [1.807, 2.05) is 0 Å². The molecule has 0 aliphatic rings. The number of amides is 1. The van der Waals surface area contributed by atoms with Crippen LogP contribution in [0.2, 0.25) is 0 Å². The Kier molecular flexibility index (Phi) is 51.6. The molecule has 0 saturated heterocycles. The predicted octanol–water partition coefficient (Wildman–Crippen LogP) is 17.1. The van der Waals surface area contributed by atoms with Crippen LogP contribution in [-0.4, -0.2) is 47.4 Å². The molecule has 0 aliphatic heterocycles. The number of nitrogens with one attached hydrogen (secondary N) is 1. The summed E-state index contributed by atoms with van der Waals surface area (Å²) in [7, 11) is 0. The number of aliphatic hydroxyl groups excluding tert-OH is 2. The second-order valence-corrected chi connectivity index (χ2v) is 19.3. The van der Waals surface area contributed by atoms with Gasteiger partial charge < -0.3 is 20.3 Å². The lowest BCUT2D eigenvalue weighted by Gasteiger charge is -2.22. The first-order valence-corrected chi connectivity index (χ1v) is 28.1. The Balaban J connectivity index is 3.44. The number of hydrogen-bond acceptors (Lipinski definition) is 5. The van der Waals surface area contributed by atoms with Crippen molar-refractivity contribution in [2.45, 2.75) is 315 Å². The molecule has 3 N–H and O–H groups in total. The summed E-state index contributed by atoms with van der Waals surface area (Å²) in [4.78, 5) is 24.4. The van der Waals surface area contributed by atoms with Crippen molar-refractivity contribution in [3.8, 4) is 0 Å². The van der Waals surface area contributed by atoms with E-state index >= 15 is 0 Å². The van der Waals surface area contributed by atoms with Crippen LogP contribution in [0.25, 0.3) is 0 Å². The van der Waals surface area contributed by atoms with Crippen LogP contribution in [0.3, 0.4) is 0 Å². The molecular weight excluding hydrogens is 779 g/mol. The smallest absolute Gasteiger partial charge is 0.305 e. The van der Waals surface area contributed by atoms with Crippen molar-refractivity contribution in [3.63, 3.8) is 0 Å². The first-order valence-electron chi connectivity index (χ1n) is 28.1. The van der Waals surface area contributed by atoms with Gasteiger partial charge in [0.2, 0.25) is 5.91 Å². The van der Waals surface area contributed by atoms with Gasteiger partial charge in [0, 0.05) is 12.8 Å². The van der Waals surface area contributed by atoms with Crippen LogP contribution in [0.15, 0.2) is 24.3 Å². The molecule has 0 saturated carbocycles. The lowest BCUT2D eigenvalue weighted by Crippen LogP contribution is -2.45. The highest BCUT2D eigenvalue weighted by molar-refractivity contribution is 5.76. The molecule has 6 nitrogen and oxygen atoms in total. The molecule has 1 amide bonds. The van der Waals surface area contributed by atoms with Gasteiger partial charge in [0.05, 0.1) is 25.4 Å². The van der Waals surface area contributed by atoms with Crippen molar-refractivity contribution in [1.82, 2.24) is 5.32 Å². The van der Waals surface area contributed by atoms with Gasteiger partial charge in [-0.3, -0.25) is 9.59 Å². The maximum absolute atomic E-state index is 12.4. The van der Waals surface area contributed by atoms with Gasteiger partial charge in [0.15, 0.2) is 0 Å². The van der Waals surface area contributed by atoms with Gasteiger partial charge >= 0.3 is 5.97 Å². The maximum Gasteiger partial charge on any atom is 0.305 e. The van der Waals surface area contributed by atoms with E-state index in [4.69, 9.17) is 4.74 Å². The number of carbonyl (C=O) groups excluding carboxylic acids is 2. The molecule has 2 unspecified atom stereocenters. The molecule has 0 heterocycles. The fourth-order valence-corrected chi connectivity index (χ4v) is 8.67.